The number of ether oxygens (including phenoxy) is 1. The van der Waals surface area contributed by atoms with Crippen LogP contribution in [0.5, 0.6) is 0 Å². The highest BCUT2D eigenvalue weighted by Gasteiger charge is 2.50. The third-order valence-corrected chi connectivity index (χ3v) is 10.6. The summed E-state index contributed by atoms with van der Waals surface area (Å²) in [5.41, 5.74) is -8.51. The van der Waals surface area contributed by atoms with Crippen LogP contribution >= 0.6 is 0 Å². The van der Waals surface area contributed by atoms with E-state index in [9.17, 15) is 26.7 Å². The number of fused-ring (bicyclic) bond motifs is 18. The van der Waals surface area contributed by atoms with E-state index < -0.39 is 189 Å². The Morgan fingerprint density at radius 2 is 1.24 bits per heavy atom. The van der Waals surface area contributed by atoms with Gasteiger partial charge in [0.05, 0.1) is 50.4 Å². The molecule has 1 aliphatic carbocycles. The van der Waals surface area contributed by atoms with Crippen molar-refractivity contribution in [2.24, 2.45) is 25.0 Å². The minimum Gasteiger partial charge on any atom is -0.462 e. The quantitative estimate of drug-likeness (QED) is 0.0460. The highest BCUT2D eigenvalue weighted by Crippen LogP contribution is 2.46. The lowest BCUT2D eigenvalue weighted by Gasteiger charge is -2.29. The van der Waals surface area contributed by atoms with Crippen LogP contribution in [-0.4, -0.2) is 45.9 Å². The first-order chi connectivity index (χ1) is 31.8. The summed E-state index contributed by atoms with van der Waals surface area (Å²) >= 11 is 0. The fourth-order valence-electron chi connectivity index (χ4n) is 7.69. The van der Waals surface area contributed by atoms with Gasteiger partial charge in [-0.3, -0.25) is 0 Å². The second-order valence-corrected chi connectivity index (χ2v) is 14.4. The fraction of sp³-hybridized carbons (Fsp3) is 0.0732. The first-order valence-corrected chi connectivity index (χ1v) is 18.6. The van der Waals surface area contributed by atoms with E-state index in [0.717, 1.165) is 24.3 Å². The lowest BCUT2D eigenvalue weighted by molar-refractivity contribution is 0.0526. The molecular formula is C41H14F15N9O2. The Bertz CT molecular complexity index is 3650. The smallest absolute Gasteiger partial charge is 0.338 e. The van der Waals surface area contributed by atoms with Crippen LogP contribution in [-0.2, 0) is 10.5 Å². The highest BCUT2D eigenvalue weighted by atomic mass is 19.2. The molecule has 1 unspecified atom stereocenters. The number of hydrogen-bond donors (Lipinski definition) is 4. The predicted molar refractivity (Wildman–Crippen MR) is 204 cm³/mol. The summed E-state index contributed by atoms with van der Waals surface area (Å²) in [6.07, 6.45) is 0. The molecule has 8 bridgehead atoms. The number of aromatic amines is 2. The normalized spacial score (nSPS) is 17.0. The number of rotatable bonds is 4. The van der Waals surface area contributed by atoms with Crippen LogP contribution in [0.2, 0.25) is 0 Å². The van der Waals surface area contributed by atoms with Crippen LogP contribution in [0.1, 0.15) is 45.1 Å². The molecular weight excluding hydrogens is 935 g/mol. The number of nitrogens with one attached hydrogen (secondary N) is 4. The summed E-state index contributed by atoms with van der Waals surface area (Å²) in [5, 5.41) is -0.179. The molecule has 4 aromatic carbocycles. The monoisotopic (exact) mass is 949 g/mol. The molecule has 6 aromatic rings. The maximum absolute atomic E-state index is 17.8. The molecule has 4 aliphatic rings. The molecule has 0 radical (unpaired) electrons. The van der Waals surface area contributed by atoms with Crippen LogP contribution in [0.3, 0.4) is 0 Å². The van der Waals surface area contributed by atoms with Crippen LogP contribution in [0.4, 0.5) is 89.0 Å². The minimum absolute atomic E-state index is 0.149. The molecule has 4 N–H and O–H groups in total. The van der Waals surface area contributed by atoms with Gasteiger partial charge in [-0.2, -0.15) is 0 Å². The SMILES string of the molecule is CCOC(=O)c1cccc(NC2(F)C(F)=C(F)C(F)=c3c2c2[nH]c3=NC3=NC(=Nc4[nH]c(c5c(F)c(F)c(F)c(F)c45)N=C4N=C(N2)c2c(F)c(F)c(F)c(F)c24)c2c3cc(F)c(F)c2F)c1. The van der Waals surface area contributed by atoms with Gasteiger partial charge in [-0.1, -0.05) is 6.07 Å². The number of halogens is 15. The number of anilines is 2. The van der Waals surface area contributed by atoms with E-state index in [1.807, 2.05) is 5.32 Å². The van der Waals surface area contributed by atoms with Crippen molar-refractivity contribution in [3.8, 4) is 0 Å². The molecule has 10 rings (SSSR count). The Morgan fingerprint density at radius 3 is 1.88 bits per heavy atom. The van der Waals surface area contributed by atoms with E-state index in [-0.39, 0.29) is 18.2 Å². The maximum atomic E-state index is 17.8. The molecule has 2 aromatic heterocycles. The van der Waals surface area contributed by atoms with Gasteiger partial charge in [0.25, 0.3) is 5.79 Å². The lowest BCUT2D eigenvalue weighted by Crippen LogP contribution is -2.43. The molecule has 340 valence electrons. The molecule has 1 atom stereocenters. The zero-order valence-corrected chi connectivity index (χ0v) is 32.3. The van der Waals surface area contributed by atoms with Gasteiger partial charge in [-0.25, -0.2) is 95.6 Å². The molecule has 0 saturated heterocycles. The van der Waals surface area contributed by atoms with Gasteiger partial charge >= 0.3 is 5.97 Å². The summed E-state index contributed by atoms with van der Waals surface area (Å²) in [7, 11) is 0. The van der Waals surface area contributed by atoms with Gasteiger partial charge in [-0.15, -0.1) is 0 Å². The van der Waals surface area contributed by atoms with Crippen molar-refractivity contribution in [2.45, 2.75) is 12.7 Å². The zero-order valence-electron chi connectivity index (χ0n) is 32.3. The molecule has 0 fully saturated rings. The number of benzene rings is 4. The molecule has 67 heavy (non-hydrogen) atoms. The van der Waals surface area contributed by atoms with Gasteiger partial charge in [0, 0.05) is 11.3 Å². The van der Waals surface area contributed by atoms with Crippen LogP contribution in [0.25, 0.3) is 16.6 Å². The van der Waals surface area contributed by atoms with Crippen LogP contribution in [0, 0.1) is 64.0 Å². The molecule has 0 spiro atoms. The molecule has 26 heteroatoms. The third kappa shape index (κ3) is 5.96. The van der Waals surface area contributed by atoms with Crippen molar-refractivity contribution in [3.63, 3.8) is 0 Å². The fourth-order valence-corrected chi connectivity index (χ4v) is 7.69. The Kier molecular flexibility index (Phi) is 9.35. The number of carbonyl (C=O) groups excluding carboxylic acids is 1. The van der Waals surface area contributed by atoms with Gasteiger partial charge in [0.2, 0.25) is 5.83 Å². The predicted octanol–water partition coefficient (Wildman–Crippen LogP) is 9.10. The molecule has 11 nitrogen and oxygen atoms in total. The number of aromatic nitrogens is 2. The topological polar surface area (TPSA) is 144 Å². The number of H-pyrrole nitrogens is 2. The van der Waals surface area contributed by atoms with Crippen LogP contribution in [0.15, 0.2) is 66.9 Å². The number of amidine groups is 4. The summed E-state index contributed by atoms with van der Waals surface area (Å²) < 4.78 is 239. The maximum Gasteiger partial charge on any atom is 0.338 e. The first kappa shape index (κ1) is 42.7. The third-order valence-electron chi connectivity index (χ3n) is 10.6. The first-order valence-electron chi connectivity index (χ1n) is 18.6. The van der Waals surface area contributed by atoms with E-state index in [1.165, 1.54) is 6.92 Å². The number of esters is 1. The summed E-state index contributed by atoms with van der Waals surface area (Å²) in [5.74, 6) is -46.6. The van der Waals surface area contributed by atoms with E-state index in [4.69, 9.17) is 4.74 Å². The zero-order chi connectivity index (χ0) is 47.9. The van der Waals surface area contributed by atoms with Crippen molar-refractivity contribution in [1.82, 2.24) is 9.97 Å². The molecule has 5 heterocycles. The number of alkyl halides is 1. The Hall–Kier alpha value is -8.19. The standard InChI is InChI=1S/C41H14F15N9O2/c1-2-67-40(66)8-4-3-5-9(6-8)65-41(56)18-17(25(49)30(54)31(41)55)38-58-32-10-7-11(42)19(43)20(44)12(10)33(57-32)59-34-13-14(22(46)27(51)26(50)21(13)45)35(60-34)61-36-15-16(37(62-36)63-39(18)64-38)24(48)29(53)28(52)23(15)47/h3-7,60,65H,2H2,1H3,(H,61,62,63)(H,57,58,59,64). The van der Waals surface area contributed by atoms with Gasteiger partial charge in [0.1, 0.15) is 28.8 Å². The Morgan fingerprint density at radius 1 is 0.642 bits per heavy atom. The molecule has 0 saturated carbocycles. The van der Waals surface area contributed by atoms with E-state index in [2.05, 4.69) is 40.2 Å². The van der Waals surface area contributed by atoms with E-state index in [1.54, 1.807) is 0 Å². The Labute approximate surface area is 359 Å². The van der Waals surface area contributed by atoms with E-state index >= 15 is 43.9 Å². The Balaban J connectivity index is 1.34. The van der Waals surface area contributed by atoms with Gasteiger partial charge in [-0.05, 0) is 31.2 Å². The van der Waals surface area contributed by atoms with Crippen molar-refractivity contribution < 1.29 is 75.4 Å². The second-order valence-electron chi connectivity index (χ2n) is 14.4. The largest absolute Gasteiger partial charge is 0.462 e. The summed E-state index contributed by atoms with van der Waals surface area (Å²) in [6, 6.07) is 4.38. The average Bonchev–Trinajstić information content (AvgIpc) is 4.05. The number of nitrogens with zero attached hydrogens (tertiary/aromatic N) is 5. The number of allylic oxidation sites excluding steroid dienone is 1. The van der Waals surface area contributed by atoms with Gasteiger partial charge in [0.15, 0.2) is 93.2 Å². The van der Waals surface area contributed by atoms with Crippen molar-refractivity contribution in [2.75, 3.05) is 17.2 Å². The lowest BCUT2D eigenvalue weighted by atomic mass is 9.96. The van der Waals surface area contributed by atoms with Crippen molar-refractivity contribution >= 4 is 69.1 Å². The van der Waals surface area contributed by atoms with Gasteiger partial charge < -0.3 is 25.3 Å². The number of hydrogen-bond acceptors (Lipinski definition) is 9. The minimum atomic E-state index is -4.21. The van der Waals surface area contributed by atoms with Crippen molar-refractivity contribution in [1.29, 1.82) is 0 Å². The molecule has 0 amide bonds. The average molecular weight is 950 g/mol. The highest BCUT2D eigenvalue weighted by molar-refractivity contribution is 6.27. The summed E-state index contributed by atoms with van der Waals surface area (Å²) in [6.45, 7) is 1.29. The van der Waals surface area contributed by atoms with Crippen LogP contribution < -0.4 is 21.3 Å². The summed E-state index contributed by atoms with van der Waals surface area (Å²) in [4.78, 5) is 35.8. The second kappa shape index (κ2) is 14.7. The molecule has 3 aliphatic heterocycles. The van der Waals surface area contributed by atoms with Crippen molar-refractivity contribution in [3.05, 3.63) is 150 Å². The number of aliphatic imine (C=N–C) groups is 4. The number of carbonyl (C=O) groups is 1. The van der Waals surface area contributed by atoms with E-state index in [0.29, 0.717) is 0 Å².